The molecule has 2 rings (SSSR count). The minimum absolute atomic E-state index is 0.0439. The van der Waals surface area contributed by atoms with E-state index in [1.165, 1.54) is 18.1 Å². The Hall–Kier alpha value is -1.65. The van der Waals surface area contributed by atoms with E-state index in [0.29, 0.717) is 0 Å². The number of rotatable bonds is 4. The predicted molar refractivity (Wildman–Crippen MR) is 108 cm³/mol. The fourth-order valence-electron chi connectivity index (χ4n) is 3.97. The van der Waals surface area contributed by atoms with Crippen LogP contribution in [0, 0.1) is 11.8 Å². The zero-order valence-electron chi connectivity index (χ0n) is 17.4. The first-order chi connectivity index (χ1) is 12.8. The van der Waals surface area contributed by atoms with E-state index in [2.05, 4.69) is 45.6 Å². The van der Waals surface area contributed by atoms with Crippen LogP contribution < -0.4 is 0 Å². The van der Waals surface area contributed by atoms with Gasteiger partial charge in [-0.15, -0.1) is 0 Å². The van der Waals surface area contributed by atoms with E-state index < -0.39 is 12.6 Å². The molecule has 1 aliphatic heterocycles. The predicted octanol–water partition coefficient (Wildman–Crippen LogP) is 5.47. The maximum absolute atomic E-state index is 11.7. The molecule has 0 aromatic carbocycles. The number of methoxy groups -OCH3 is 1. The van der Waals surface area contributed by atoms with Crippen LogP contribution >= 0.6 is 0 Å². The molecule has 0 spiro atoms. The van der Waals surface area contributed by atoms with Gasteiger partial charge in [0.1, 0.15) is 0 Å². The number of carbonyl (C=O) groups is 1. The maximum Gasteiger partial charge on any atom is 0.304 e. The number of allylic oxidation sites excluding steroid dienone is 5. The first-order valence-corrected chi connectivity index (χ1v) is 9.85. The van der Waals surface area contributed by atoms with Crippen LogP contribution in [0.4, 0.5) is 0 Å². The van der Waals surface area contributed by atoms with Crippen molar-refractivity contribution in [2.75, 3.05) is 7.11 Å². The van der Waals surface area contributed by atoms with Crippen LogP contribution in [0.5, 0.6) is 0 Å². The molecule has 1 fully saturated rings. The summed E-state index contributed by atoms with van der Waals surface area (Å²) in [5.74, 6) is -0.197. The fourth-order valence-corrected chi connectivity index (χ4v) is 3.97. The van der Waals surface area contributed by atoms with Crippen LogP contribution in [0.25, 0.3) is 0 Å². The summed E-state index contributed by atoms with van der Waals surface area (Å²) in [4.78, 5) is 11.7. The van der Waals surface area contributed by atoms with Gasteiger partial charge in [0.25, 0.3) is 0 Å². The van der Waals surface area contributed by atoms with Crippen LogP contribution in [0.3, 0.4) is 0 Å². The van der Waals surface area contributed by atoms with Gasteiger partial charge < -0.3 is 14.2 Å². The van der Waals surface area contributed by atoms with Crippen LogP contribution in [-0.4, -0.2) is 25.7 Å². The molecule has 27 heavy (non-hydrogen) atoms. The topological polar surface area (TPSA) is 44.8 Å². The molecule has 0 saturated carbocycles. The van der Waals surface area contributed by atoms with Gasteiger partial charge in [-0.2, -0.15) is 0 Å². The van der Waals surface area contributed by atoms with Gasteiger partial charge >= 0.3 is 5.97 Å². The summed E-state index contributed by atoms with van der Waals surface area (Å²) >= 11 is 0. The summed E-state index contributed by atoms with van der Waals surface area (Å²) in [6.45, 7) is 12.1. The highest BCUT2D eigenvalue weighted by Gasteiger charge is 2.44. The Morgan fingerprint density at radius 3 is 2.70 bits per heavy atom. The molecule has 0 bridgehead atoms. The molecule has 1 saturated heterocycles. The molecule has 2 aliphatic rings. The summed E-state index contributed by atoms with van der Waals surface area (Å²) < 4.78 is 17.3. The summed E-state index contributed by atoms with van der Waals surface area (Å²) in [5, 5.41) is 0. The van der Waals surface area contributed by atoms with E-state index >= 15 is 0 Å². The molecule has 4 atom stereocenters. The quantitative estimate of drug-likeness (QED) is 0.483. The zero-order chi connectivity index (χ0) is 20.0. The van der Waals surface area contributed by atoms with E-state index in [1.54, 1.807) is 7.11 Å². The van der Waals surface area contributed by atoms with Crippen molar-refractivity contribution in [1.82, 2.24) is 0 Å². The second-order valence-corrected chi connectivity index (χ2v) is 7.82. The Morgan fingerprint density at radius 2 is 2.07 bits per heavy atom. The molecule has 0 N–H and O–H groups in total. The molecule has 1 aliphatic carbocycles. The maximum atomic E-state index is 11.7. The fraction of sp³-hybridized carbons (Fsp3) is 0.609. The molecule has 0 amide bonds. The molecule has 0 aromatic rings. The molecule has 0 aromatic heterocycles. The molecule has 0 radical (unpaired) electrons. The Bertz CT molecular complexity index is 637. The first-order valence-electron chi connectivity index (χ1n) is 9.85. The Kier molecular flexibility index (Phi) is 8.06. The highest BCUT2D eigenvalue weighted by molar-refractivity contribution is 5.66. The van der Waals surface area contributed by atoms with Gasteiger partial charge in [0, 0.05) is 20.0 Å². The Labute approximate surface area is 164 Å². The smallest absolute Gasteiger partial charge is 0.304 e. The number of carbonyl (C=O) groups excluding carboxylic acids is 1. The van der Waals surface area contributed by atoms with Crippen LogP contribution in [-0.2, 0) is 19.0 Å². The first kappa shape index (κ1) is 21.6. The lowest BCUT2D eigenvalue weighted by atomic mass is 9.75. The summed E-state index contributed by atoms with van der Waals surface area (Å²) in [5.41, 5.74) is 4.90. The van der Waals surface area contributed by atoms with Crippen molar-refractivity contribution in [2.45, 2.75) is 72.4 Å². The van der Waals surface area contributed by atoms with E-state index in [-0.39, 0.29) is 17.8 Å². The normalized spacial score (nSPS) is 32.4. The van der Waals surface area contributed by atoms with Crippen LogP contribution in [0.1, 0.15) is 59.8 Å². The van der Waals surface area contributed by atoms with Crippen molar-refractivity contribution < 1.29 is 19.0 Å². The third kappa shape index (κ3) is 5.91. The zero-order valence-corrected chi connectivity index (χ0v) is 17.4. The lowest BCUT2D eigenvalue weighted by Crippen LogP contribution is -2.46. The van der Waals surface area contributed by atoms with Crippen molar-refractivity contribution in [1.29, 1.82) is 0 Å². The van der Waals surface area contributed by atoms with Gasteiger partial charge in [-0.1, -0.05) is 41.5 Å². The van der Waals surface area contributed by atoms with Gasteiger partial charge in [0.05, 0.1) is 0 Å². The van der Waals surface area contributed by atoms with Gasteiger partial charge in [0.15, 0.2) is 6.29 Å². The Morgan fingerprint density at radius 1 is 1.33 bits per heavy atom. The van der Waals surface area contributed by atoms with Crippen LogP contribution in [0.15, 0.2) is 47.1 Å². The van der Waals surface area contributed by atoms with E-state index in [0.717, 1.165) is 43.3 Å². The Balaban J connectivity index is 2.43. The second-order valence-electron chi connectivity index (χ2n) is 7.82. The molecular weight excluding hydrogens is 340 g/mol. The second kappa shape index (κ2) is 10.0. The van der Waals surface area contributed by atoms with Crippen molar-refractivity contribution in [3.63, 3.8) is 0 Å². The molecule has 4 nitrogen and oxygen atoms in total. The monoisotopic (exact) mass is 374 g/mol. The van der Waals surface area contributed by atoms with Gasteiger partial charge in [-0.05, 0) is 64.4 Å². The number of esters is 1. The highest BCUT2D eigenvalue weighted by atomic mass is 16.8. The van der Waals surface area contributed by atoms with E-state index in [9.17, 15) is 4.79 Å². The van der Waals surface area contributed by atoms with E-state index in [4.69, 9.17) is 14.2 Å². The summed E-state index contributed by atoms with van der Waals surface area (Å²) in [7, 11) is 1.64. The van der Waals surface area contributed by atoms with Crippen molar-refractivity contribution in [2.24, 2.45) is 11.8 Å². The largest absolute Gasteiger partial charge is 0.435 e. The molecule has 1 heterocycles. The SMILES string of the molecule is C=C1CC/C=C(\C)CC[C@@H]2/C(=C/CC=C(C)C)C(OC)O[C@@H](OC(C)=O)[C@@H]12. The third-order valence-electron chi connectivity index (χ3n) is 5.34. The minimum Gasteiger partial charge on any atom is -0.435 e. The average Bonchev–Trinajstić information content (AvgIpc) is 2.65. The van der Waals surface area contributed by atoms with Gasteiger partial charge in [-0.25, -0.2) is 0 Å². The number of ether oxygens (including phenoxy) is 3. The molecular formula is C23H34O4. The summed E-state index contributed by atoms with van der Waals surface area (Å²) in [6, 6.07) is 0. The summed E-state index contributed by atoms with van der Waals surface area (Å²) in [6.07, 6.45) is 10.2. The van der Waals surface area contributed by atoms with Crippen molar-refractivity contribution in [3.8, 4) is 0 Å². The number of hydrogen-bond donors (Lipinski definition) is 0. The van der Waals surface area contributed by atoms with Crippen molar-refractivity contribution >= 4 is 5.97 Å². The third-order valence-corrected chi connectivity index (χ3v) is 5.34. The molecule has 1 unspecified atom stereocenters. The molecule has 4 heteroatoms. The van der Waals surface area contributed by atoms with Gasteiger partial charge in [-0.3, -0.25) is 4.79 Å². The lowest BCUT2D eigenvalue weighted by molar-refractivity contribution is -0.257. The van der Waals surface area contributed by atoms with Crippen LogP contribution in [0.2, 0.25) is 0 Å². The number of hydrogen-bond acceptors (Lipinski definition) is 4. The van der Waals surface area contributed by atoms with Gasteiger partial charge in [0.2, 0.25) is 6.29 Å². The van der Waals surface area contributed by atoms with E-state index in [1.807, 2.05) is 0 Å². The van der Waals surface area contributed by atoms with Crippen molar-refractivity contribution in [3.05, 3.63) is 47.1 Å². The number of fused-ring (bicyclic) bond motifs is 1. The average molecular weight is 375 g/mol. The lowest BCUT2D eigenvalue weighted by Gasteiger charge is -2.43. The standard InChI is InChI=1S/C23H34O4/c1-15(2)9-7-12-20-19-14-13-16(3)10-8-11-17(4)21(19)23(26-18(5)24)27-22(20)25-6/h9-10,12,19,21-23H,4,7-8,11,13-14H2,1-3,5-6H3/b16-10+,20-12-/t19-,21+,22?,23-/m1/s1. The highest BCUT2D eigenvalue weighted by Crippen LogP contribution is 2.44. The molecule has 150 valence electrons. The minimum atomic E-state index is -0.649.